The minimum absolute atomic E-state index is 0.0235. The lowest BCUT2D eigenvalue weighted by atomic mass is 9.95. The summed E-state index contributed by atoms with van der Waals surface area (Å²) in [5.41, 5.74) is -0.503. The van der Waals surface area contributed by atoms with Gasteiger partial charge in [-0.25, -0.2) is 0 Å². The number of ether oxygens (including phenoxy) is 1. The number of nitrogens with one attached hydrogen (secondary N) is 1. The van der Waals surface area contributed by atoms with Crippen LogP contribution in [-0.4, -0.2) is 67.0 Å². The van der Waals surface area contributed by atoms with Crippen molar-refractivity contribution in [3.63, 3.8) is 0 Å². The van der Waals surface area contributed by atoms with E-state index in [1.165, 1.54) is 0 Å². The molecular formula is C20H30ClN3O3. The largest absolute Gasteiger partial charge is 0.492 e. The maximum atomic E-state index is 12.6. The number of hydrogen-bond acceptors (Lipinski definition) is 4. The Morgan fingerprint density at radius 2 is 1.74 bits per heavy atom. The van der Waals surface area contributed by atoms with E-state index in [-0.39, 0.29) is 11.8 Å². The van der Waals surface area contributed by atoms with Gasteiger partial charge in [-0.1, -0.05) is 32.4 Å². The van der Waals surface area contributed by atoms with Gasteiger partial charge >= 0.3 is 0 Å². The Balaban J connectivity index is 1.70. The van der Waals surface area contributed by atoms with Gasteiger partial charge in [0.1, 0.15) is 18.4 Å². The molecule has 1 unspecified atom stereocenters. The van der Waals surface area contributed by atoms with Crippen LogP contribution in [0.4, 0.5) is 0 Å². The Morgan fingerprint density at radius 3 is 2.30 bits per heavy atom. The van der Waals surface area contributed by atoms with E-state index in [0.29, 0.717) is 24.7 Å². The number of carbonyl (C=O) groups is 2. The monoisotopic (exact) mass is 395 g/mol. The lowest BCUT2D eigenvalue weighted by molar-refractivity contribution is -0.139. The first-order valence-electron chi connectivity index (χ1n) is 9.37. The summed E-state index contributed by atoms with van der Waals surface area (Å²) < 4.78 is 5.72. The molecule has 0 saturated carbocycles. The summed E-state index contributed by atoms with van der Waals surface area (Å²) in [5, 5.41) is 3.50. The second-order valence-electron chi connectivity index (χ2n) is 7.91. The highest BCUT2D eigenvalue weighted by Crippen LogP contribution is 2.16. The summed E-state index contributed by atoms with van der Waals surface area (Å²) in [5.74, 6) is 0.669. The highest BCUT2D eigenvalue weighted by Gasteiger charge is 2.29. The zero-order valence-corrected chi connectivity index (χ0v) is 17.4. The SMILES string of the molecule is CC(NC(=O)C(C)(C)C)C(=O)N1CCN(CCOc2ccc(Cl)cc2)CC1. The molecule has 0 aliphatic carbocycles. The van der Waals surface area contributed by atoms with Crippen molar-refractivity contribution in [3.05, 3.63) is 29.3 Å². The highest BCUT2D eigenvalue weighted by atomic mass is 35.5. The van der Waals surface area contributed by atoms with Crippen LogP contribution in [0.25, 0.3) is 0 Å². The summed E-state index contributed by atoms with van der Waals surface area (Å²) in [6.45, 7) is 11.6. The van der Waals surface area contributed by atoms with Gasteiger partial charge in [0.05, 0.1) is 0 Å². The molecule has 150 valence electrons. The molecule has 1 fully saturated rings. The summed E-state index contributed by atoms with van der Waals surface area (Å²) in [6, 6.07) is 6.82. The fourth-order valence-corrected chi connectivity index (χ4v) is 2.89. The summed E-state index contributed by atoms with van der Waals surface area (Å²) >= 11 is 5.86. The van der Waals surface area contributed by atoms with Gasteiger partial charge in [-0.15, -0.1) is 0 Å². The topological polar surface area (TPSA) is 61.9 Å². The van der Waals surface area contributed by atoms with Crippen molar-refractivity contribution in [1.29, 1.82) is 0 Å². The maximum absolute atomic E-state index is 12.6. The number of nitrogens with zero attached hydrogens (tertiary/aromatic N) is 2. The number of halogens is 1. The third-order valence-corrected chi connectivity index (χ3v) is 4.83. The summed E-state index contributed by atoms with van der Waals surface area (Å²) in [4.78, 5) is 28.7. The second-order valence-corrected chi connectivity index (χ2v) is 8.35. The first-order chi connectivity index (χ1) is 12.7. The molecule has 0 radical (unpaired) electrons. The lowest BCUT2D eigenvalue weighted by Crippen LogP contribution is -2.55. The average Bonchev–Trinajstić information content (AvgIpc) is 2.62. The molecule has 0 aromatic heterocycles. The van der Waals surface area contributed by atoms with Crippen LogP contribution in [0.1, 0.15) is 27.7 Å². The maximum Gasteiger partial charge on any atom is 0.244 e. The van der Waals surface area contributed by atoms with Crippen molar-refractivity contribution in [2.24, 2.45) is 5.41 Å². The Hall–Kier alpha value is -1.79. The van der Waals surface area contributed by atoms with E-state index >= 15 is 0 Å². The van der Waals surface area contributed by atoms with Gasteiger partial charge in [0.2, 0.25) is 11.8 Å². The van der Waals surface area contributed by atoms with Gasteiger partial charge in [-0.2, -0.15) is 0 Å². The molecule has 1 aromatic rings. The van der Waals surface area contributed by atoms with Crippen molar-refractivity contribution in [1.82, 2.24) is 15.1 Å². The molecule has 2 rings (SSSR count). The summed E-state index contributed by atoms with van der Waals surface area (Å²) in [6.07, 6.45) is 0. The number of benzene rings is 1. The van der Waals surface area contributed by atoms with Crippen molar-refractivity contribution < 1.29 is 14.3 Å². The molecule has 1 N–H and O–H groups in total. The van der Waals surface area contributed by atoms with Crippen molar-refractivity contribution in [3.8, 4) is 5.75 Å². The minimum Gasteiger partial charge on any atom is -0.492 e. The van der Waals surface area contributed by atoms with Crippen LogP contribution >= 0.6 is 11.6 Å². The van der Waals surface area contributed by atoms with Crippen LogP contribution in [0.5, 0.6) is 5.75 Å². The zero-order valence-electron chi connectivity index (χ0n) is 16.6. The van der Waals surface area contributed by atoms with Crippen LogP contribution in [0.2, 0.25) is 5.02 Å². The number of hydrogen-bond donors (Lipinski definition) is 1. The van der Waals surface area contributed by atoms with Crippen LogP contribution in [0.15, 0.2) is 24.3 Å². The van der Waals surface area contributed by atoms with Crippen LogP contribution in [0, 0.1) is 5.41 Å². The van der Waals surface area contributed by atoms with Crippen molar-refractivity contribution in [2.45, 2.75) is 33.7 Å². The van der Waals surface area contributed by atoms with Gasteiger partial charge in [0.25, 0.3) is 0 Å². The Kier molecular flexibility index (Phi) is 7.50. The van der Waals surface area contributed by atoms with E-state index < -0.39 is 11.5 Å². The van der Waals surface area contributed by atoms with E-state index in [4.69, 9.17) is 16.3 Å². The molecule has 27 heavy (non-hydrogen) atoms. The molecule has 1 aromatic carbocycles. The molecule has 6 nitrogen and oxygen atoms in total. The fraction of sp³-hybridized carbons (Fsp3) is 0.600. The quantitative estimate of drug-likeness (QED) is 0.803. The number of rotatable bonds is 6. The van der Waals surface area contributed by atoms with Gasteiger partial charge in [-0.3, -0.25) is 14.5 Å². The van der Waals surface area contributed by atoms with E-state index in [1.54, 1.807) is 19.1 Å². The predicted octanol–water partition coefficient (Wildman–Crippen LogP) is 2.41. The molecule has 1 heterocycles. The Morgan fingerprint density at radius 1 is 1.15 bits per heavy atom. The molecule has 1 saturated heterocycles. The first kappa shape index (κ1) is 21.5. The molecule has 1 aliphatic heterocycles. The molecule has 2 amide bonds. The van der Waals surface area contributed by atoms with Crippen LogP contribution < -0.4 is 10.1 Å². The standard InChI is InChI=1S/C20H30ClN3O3/c1-15(22-19(26)20(2,3)4)18(25)24-11-9-23(10-12-24)13-14-27-17-7-5-16(21)6-8-17/h5-8,15H,9-14H2,1-4H3,(H,22,26). The summed E-state index contributed by atoms with van der Waals surface area (Å²) in [7, 11) is 0. The van der Waals surface area contributed by atoms with E-state index in [9.17, 15) is 9.59 Å². The highest BCUT2D eigenvalue weighted by molar-refractivity contribution is 6.30. The Labute approximate surface area is 166 Å². The zero-order chi connectivity index (χ0) is 20.0. The van der Waals surface area contributed by atoms with Gasteiger partial charge < -0.3 is 15.0 Å². The number of amides is 2. The molecule has 0 spiro atoms. The molecule has 1 atom stereocenters. The van der Waals surface area contributed by atoms with E-state index in [2.05, 4.69) is 10.2 Å². The molecule has 1 aliphatic rings. The third kappa shape index (κ3) is 6.70. The smallest absolute Gasteiger partial charge is 0.244 e. The van der Waals surface area contributed by atoms with E-state index in [1.807, 2.05) is 37.8 Å². The third-order valence-electron chi connectivity index (χ3n) is 4.57. The van der Waals surface area contributed by atoms with E-state index in [0.717, 1.165) is 25.4 Å². The number of carbonyl (C=O) groups excluding carboxylic acids is 2. The molecule has 0 bridgehead atoms. The van der Waals surface area contributed by atoms with Gasteiger partial charge in [0.15, 0.2) is 0 Å². The molecule has 7 heteroatoms. The van der Waals surface area contributed by atoms with Gasteiger partial charge in [0, 0.05) is 43.2 Å². The fourth-order valence-electron chi connectivity index (χ4n) is 2.76. The Bertz CT molecular complexity index is 635. The van der Waals surface area contributed by atoms with Crippen molar-refractivity contribution in [2.75, 3.05) is 39.3 Å². The predicted molar refractivity (Wildman–Crippen MR) is 107 cm³/mol. The minimum atomic E-state index is -0.503. The average molecular weight is 396 g/mol. The van der Waals surface area contributed by atoms with Crippen LogP contribution in [-0.2, 0) is 9.59 Å². The lowest BCUT2D eigenvalue weighted by Gasteiger charge is -2.36. The number of piperazine rings is 1. The second kappa shape index (κ2) is 9.42. The first-order valence-corrected chi connectivity index (χ1v) is 9.75. The van der Waals surface area contributed by atoms with Crippen LogP contribution in [0.3, 0.4) is 0 Å². The van der Waals surface area contributed by atoms with Crippen molar-refractivity contribution >= 4 is 23.4 Å². The normalized spacial score (nSPS) is 16.7. The van der Waals surface area contributed by atoms with Gasteiger partial charge in [-0.05, 0) is 31.2 Å². The molecular weight excluding hydrogens is 366 g/mol.